The van der Waals surface area contributed by atoms with Gasteiger partial charge in [-0.05, 0) is 32.0 Å². The lowest BCUT2D eigenvalue weighted by Crippen LogP contribution is -2.58. The normalized spacial score (nSPS) is 13.0. The van der Waals surface area contributed by atoms with Crippen LogP contribution in [0.25, 0.3) is 16.9 Å². The van der Waals surface area contributed by atoms with Crippen molar-refractivity contribution in [1.82, 2.24) is 25.1 Å². The van der Waals surface area contributed by atoms with E-state index in [0.29, 0.717) is 10.6 Å². The summed E-state index contributed by atoms with van der Waals surface area (Å²) in [6.07, 6.45) is -1.25. The molecular weight excluding hydrogens is 451 g/mol. The van der Waals surface area contributed by atoms with Gasteiger partial charge in [-0.15, -0.1) is 0 Å². The Kier molecular flexibility index (Phi) is 6.33. The van der Waals surface area contributed by atoms with Crippen LogP contribution in [0, 0.1) is 0 Å². The Bertz CT molecular complexity index is 1160. The Morgan fingerprint density at radius 2 is 1.75 bits per heavy atom. The fourth-order valence-corrected chi connectivity index (χ4v) is 2.99. The molecule has 8 nitrogen and oxygen atoms in total. The van der Waals surface area contributed by atoms with Crippen molar-refractivity contribution in [1.29, 1.82) is 0 Å². The molecule has 1 atom stereocenters. The summed E-state index contributed by atoms with van der Waals surface area (Å²) in [6.45, 7) is 1.80. The number of halogens is 4. The summed E-state index contributed by atoms with van der Waals surface area (Å²) < 4.78 is 41.1. The molecule has 0 bridgehead atoms. The second-order valence-electron chi connectivity index (χ2n) is 7.37. The van der Waals surface area contributed by atoms with Gasteiger partial charge in [0.05, 0.1) is 23.7 Å². The van der Waals surface area contributed by atoms with Crippen molar-refractivity contribution in [2.75, 3.05) is 0 Å². The molecule has 0 spiro atoms. The predicted molar refractivity (Wildman–Crippen MR) is 109 cm³/mol. The smallest absolute Gasteiger partial charge is 0.388 e. The number of amides is 1. The molecule has 0 aliphatic heterocycles. The number of nitrogens with zero attached hydrogens (tertiary/aromatic N) is 4. The van der Waals surface area contributed by atoms with Gasteiger partial charge in [0, 0.05) is 10.6 Å². The molecule has 3 rings (SSSR count). The fraction of sp³-hybridized carbons (Fsp3) is 0.250. The van der Waals surface area contributed by atoms with Crippen LogP contribution in [0.4, 0.5) is 13.2 Å². The van der Waals surface area contributed by atoms with E-state index in [-0.39, 0.29) is 11.4 Å². The van der Waals surface area contributed by atoms with Crippen LogP contribution in [0.15, 0.2) is 53.8 Å². The number of rotatable bonds is 5. The second kappa shape index (κ2) is 8.67. The number of alkyl halides is 3. The van der Waals surface area contributed by atoms with Gasteiger partial charge in [-0.3, -0.25) is 9.59 Å². The number of hydrogen-bond acceptors (Lipinski definition) is 6. The molecule has 168 valence electrons. The lowest BCUT2D eigenvalue weighted by atomic mass is 9.98. The molecule has 0 saturated carbocycles. The van der Waals surface area contributed by atoms with Gasteiger partial charge in [0.25, 0.3) is 11.5 Å². The summed E-state index contributed by atoms with van der Waals surface area (Å²) in [6, 6.07) is 4.68. The zero-order valence-electron chi connectivity index (χ0n) is 16.8. The van der Waals surface area contributed by atoms with Crippen molar-refractivity contribution in [3.05, 3.63) is 70.0 Å². The van der Waals surface area contributed by atoms with E-state index >= 15 is 0 Å². The maximum absolute atomic E-state index is 13.4. The van der Waals surface area contributed by atoms with Crippen LogP contribution in [-0.4, -0.2) is 48.6 Å². The molecule has 3 aromatic rings. The molecule has 2 aromatic heterocycles. The Morgan fingerprint density at radius 1 is 1.16 bits per heavy atom. The SMILES string of the molecule is CC(C)(O)C(NC(=O)c1cc(-c2ccc(Cl)cc2)nn(-c2cncnc2)c1=O)C(F)(F)F. The number of nitrogens with one attached hydrogen (secondary N) is 1. The standard InChI is InChI=1S/C20H17ClF3N5O3/c1-19(2,32)18(20(22,23)24)27-16(30)14-7-15(11-3-5-12(21)6-4-11)28-29(17(14)31)13-8-25-10-26-9-13/h3-10,18,32H,1-2H3,(H,27,30). The molecule has 2 N–H and O–H groups in total. The molecule has 1 unspecified atom stereocenters. The molecule has 1 amide bonds. The summed E-state index contributed by atoms with van der Waals surface area (Å²) in [5.41, 5.74) is -3.30. The van der Waals surface area contributed by atoms with Crippen LogP contribution in [0.5, 0.6) is 0 Å². The topological polar surface area (TPSA) is 110 Å². The van der Waals surface area contributed by atoms with Gasteiger partial charge in [-0.1, -0.05) is 23.7 Å². The van der Waals surface area contributed by atoms with E-state index in [1.54, 1.807) is 29.6 Å². The van der Waals surface area contributed by atoms with Crippen LogP contribution in [0.3, 0.4) is 0 Å². The lowest BCUT2D eigenvalue weighted by Gasteiger charge is -2.31. The Morgan fingerprint density at radius 3 is 2.28 bits per heavy atom. The van der Waals surface area contributed by atoms with E-state index in [1.165, 1.54) is 18.7 Å². The number of benzene rings is 1. The van der Waals surface area contributed by atoms with Crippen LogP contribution in [0.1, 0.15) is 24.2 Å². The Balaban J connectivity index is 2.16. The second-order valence-corrected chi connectivity index (χ2v) is 7.80. The molecule has 0 aliphatic carbocycles. The molecule has 0 saturated heterocycles. The van der Waals surface area contributed by atoms with Gasteiger partial charge in [-0.25, -0.2) is 9.97 Å². The largest absolute Gasteiger partial charge is 0.411 e. The number of hydrogen-bond donors (Lipinski definition) is 2. The number of carbonyl (C=O) groups excluding carboxylic acids is 1. The van der Waals surface area contributed by atoms with E-state index in [2.05, 4.69) is 15.1 Å². The highest BCUT2D eigenvalue weighted by Gasteiger charge is 2.49. The van der Waals surface area contributed by atoms with Crippen molar-refractivity contribution in [3.8, 4) is 16.9 Å². The minimum Gasteiger partial charge on any atom is -0.388 e. The highest BCUT2D eigenvalue weighted by atomic mass is 35.5. The van der Waals surface area contributed by atoms with Crippen LogP contribution < -0.4 is 10.9 Å². The first-order chi connectivity index (χ1) is 14.9. The molecule has 0 aliphatic rings. The first-order valence-electron chi connectivity index (χ1n) is 9.13. The molecule has 32 heavy (non-hydrogen) atoms. The van der Waals surface area contributed by atoms with Gasteiger partial charge in [0.2, 0.25) is 0 Å². The van der Waals surface area contributed by atoms with Crippen molar-refractivity contribution >= 4 is 17.5 Å². The minimum atomic E-state index is -4.97. The van der Waals surface area contributed by atoms with E-state index in [9.17, 15) is 27.9 Å². The first kappa shape index (κ1) is 23.4. The maximum atomic E-state index is 13.4. The molecule has 1 aromatic carbocycles. The summed E-state index contributed by atoms with van der Waals surface area (Å²) in [5, 5.41) is 16.2. The van der Waals surface area contributed by atoms with Crippen molar-refractivity contribution in [2.45, 2.75) is 31.7 Å². The third kappa shape index (κ3) is 5.11. The summed E-state index contributed by atoms with van der Waals surface area (Å²) in [5.74, 6) is -1.33. The Labute approximate surface area is 184 Å². The van der Waals surface area contributed by atoms with Crippen LogP contribution in [-0.2, 0) is 0 Å². The quantitative estimate of drug-likeness (QED) is 0.597. The predicted octanol–water partition coefficient (Wildman–Crippen LogP) is 2.77. The third-order valence-corrected chi connectivity index (χ3v) is 4.65. The van der Waals surface area contributed by atoms with Crippen molar-refractivity contribution in [3.63, 3.8) is 0 Å². The van der Waals surface area contributed by atoms with E-state index < -0.39 is 34.8 Å². The lowest BCUT2D eigenvalue weighted by molar-refractivity contribution is -0.192. The monoisotopic (exact) mass is 467 g/mol. The summed E-state index contributed by atoms with van der Waals surface area (Å²) in [7, 11) is 0. The summed E-state index contributed by atoms with van der Waals surface area (Å²) >= 11 is 5.89. The molecular formula is C20H17ClF3N5O3. The fourth-order valence-electron chi connectivity index (χ4n) is 2.86. The van der Waals surface area contributed by atoms with Crippen LogP contribution in [0.2, 0.25) is 5.02 Å². The van der Waals surface area contributed by atoms with Gasteiger partial charge >= 0.3 is 6.18 Å². The van der Waals surface area contributed by atoms with Crippen molar-refractivity contribution < 1.29 is 23.1 Å². The van der Waals surface area contributed by atoms with Gasteiger partial charge in [-0.2, -0.15) is 23.0 Å². The highest BCUT2D eigenvalue weighted by Crippen LogP contribution is 2.28. The Hall–Kier alpha value is -3.31. The average Bonchev–Trinajstić information content (AvgIpc) is 2.71. The molecule has 2 heterocycles. The third-order valence-electron chi connectivity index (χ3n) is 4.40. The molecule has 0 fully saturated rings. The molecule has 0 radical (unpaired) electrons. The summed E-state index contributed by atoms with van der Waals surface area (Å²) in [4.78, 5) is 33.3. The van der Waals surface area contributed by atoms with Crippen LogP contribution >= 0.6 is 11.6 Å². The van der Waals surface area contributed by atoms with E-state index in [1.807, 2.05) is 0 Å². The number of aromatic nitrogens is 4. The van der Waals surface area contributed by atoms with Gasteiger partial charge in [0.15, 0.2) is 6.04 Å². The van der Waals surface area contributed by atoms with Gasteiger partial charge < -0.3 is 10.4 Å². The number of aliphatic hydroxyl groups is 1. The first-order valence-corrected chi connectivity index (χ1v) is 9.51. The van der Waals surface area contributed by atoms with Gasteiger partial charge in [0.1, 0.15) is 17.6 Å². The van der Waals surface area contributed by atoms with E-state index in [4.69, 9.17) is 11.6 Å². The molecule has 12 heteroatoms. The number of carbonyl (C=O) groups is 1. The zero-order valence-corrected chi connectivity index (χ0v) is 17.5. The van der Waals surface area contributed by atoms with Crippen molar-refractivity contribution in [2.24, 2.45) is 0 Å². The zero-order chi connectivity index (χ0) is 23.7. The maximum Gasteiger partial charge on any atom is 0.411 e. The van der Waals surface area contributed by atoms with E-state index in [0.717, 1.165) is 24.6 Å². The minimum absolute atomic E-state index is 0.0947. The average molecular weight is 468 g/mol. The highest BCUT2D eigenvalue weighted by molar-refractivity contribution is 6.30.